The first-order chi connectivity index (χ1) is 16.3. The fourth-order valence-corrected chi connectivity index (χ4v) is 3.62. The molecule has 34 heavy (non-hydrogen) atoms. The van der Waals surface area contributed by atoms with Crippen molar-refractivity contribution in [2.45, 2.75) is 0 Å². The summed E-state index contributed by atoms with van der Waals surface area (Å²) in [6, 6.07) is 14.2. The van der Waals surface area contributed by atoms with Gasteiger partial charge in [0.15, 0.2) is 5.11 Å². The van der Waals surface area contributed by atoms with Crippen molar-refractivity contribution in [3.63, 3.8) is 0 Å². The first kappa shape index (κ1) is 22.7. The number of anilines is 1. The molecule has 9 nitrogen and oxygen atoms in total. The van der Waals surface area contributed by atoms with Gasteiger partial charge >= 0.3 is 5.97 Å². The van der Waals surface area contributed by atoms with Crippen LogP contribution < -0.4 is 19.7 Å². The number of hydrogen-bond acceptors (Lipinski definition) is 7. The van der Waals surface area contributed by atoms with Gasteiger partial charge in [0.05, 0.1) is 25.5 Å². The van der Waals surface area contributed by atoms with E-state index in [2.05, 4.69) is 5.32 Å². The molecular formula is C24H18N2O7S. The van der Waals surface area contributed by atoms with Crippen molar-refractivity contribution in [2.24, 2.45) is 0 Å². The van der Waals surface area contributed by atoms with Gasteiger partial charge in [-0.3, -0.25) is 14.9 Å². The van der Waals surface area contributed by atoms with Crippen LogP contribution in [0.1, 0.15) is 16.1 Å². The van der Waals surface area contributed by atoms with Gasteiger partial charge in [-0.2, -0.15) is 0 Å². The quantitative estimate of drug-likeness (QED) is 0.314. The van der Waals surface area contributed by atoms with E-state index >= 15 is 0 Å². The van der Waals surface area contributed by atoms with Crippen molar-refractivity contribution >= 4 is 46.9 Å². The van der Waals surface area contributed by atoms with Crippen LogP contribution in [0.3, 0.4) is 0 Å². The molecule has 2 N–H and O–H groups in total. The van der Waals surface area contributed by atoms with Crippen molar-refractivity contribution in [2.75, 3.05) is 19.1 Å². The van der Waals surface area contributed by atoms with E-state index in [1.54, 1.807) is 42.5 Å². The lowest BCUT2D eigenvalue weighted by Gasteiger charge is -2.29. The second kappa shape index (κ2) is 9.20. The molecule has 0 spiro atoms. The van der Waals surface area contributed by atoms with Gasteiger partial charge in [0.1, 0.15) is 28.6 Å². The van der Waals surface area contributed by atoms with Crippen LogP contribution in [0.25, 0.3) is 17.4 Å². The summed E-state index contributed by atoms with van der Waals surface area (Å²) in [7, 11) is 2.95. The molecule has 0 aliphatic carbocycles. The van der Waals surface area contributed by atoms with Crippen molar-refractivity contribution in [3.8, 4) is 22.8 Å². The molecule has 0 saturated carbocycles. The van der Waals surface area contributed by atoms with Crippen LogP contribution in [0, 0.1) is 0 Å². The molecule has 0 unspecified atom stereocenters. The standard InChI is InChI=1S/C24H18N2O7S/c1-31-15-7-9-18(20(12-15)32-2)26-22(28)17(21(27)25-24(26)34)11-16-8-10-19(33-16)13-3-5-14(6-4-13)23(29)30/h3-12H,1-2H3,(H,29,30)(H,25,27,34)/b17-11-. The second-order valence-electron chi connectivity index (χ2n) is 7.08. The number of methoxy groups -OCH3 is 2. The van der Waals surface area contributed by atoms with E-state index in [0.29, 0.717) is 28.5 Å². The number of carbonyl (C=O) groups excluding carboxylic acids is 2. The molecule has 1 fully saturated rings. The third-order valence-corrected chi connectivity index (χ3v) is 5.34. The van der Waals surface area contributed by atoms with Gasteiger partial charge in [0, 0.05) is 11.6 Å². The highest BCUT2D eigenvalue weighted by atomic mass is 32.1. The number of nitrogens with zero attached hydrogens (tertiary/aromatic N) is 1. The van der Waals surface area contributed by atoms with Gasteiger partial charge in [-0.15, -0.1) is 0 Å². The maximum Gasteiger partial charge on any atom is 0.335 e. The monoisotopic (exact) mass is 478 g/mol. The average molecular weight is 478 g/mol. The Morgan fingerprint density at radius 1 is 1.06 bits per heavy atom. The number of carbonyl (C=O) groups is 3. The summed E-state index contributed by atoms with van der Waals surface area (Å²) < 4.78 is 16.3. The minimum atomic E-state index is -1.03. The molecule has 10 heteroatoms. The number of amides is 2. The average Bonchev–Trinajstić information content (AvgIpc) is 3.30. The largest absolute Gasteiger partial charge is 0.497 e. The summed E-state index contributed by atoms with van der Waals surface area (Å²) in [6.07, 6.45) is 1.32. The Labute approximate surface area is 199 Å². The lowest BCUT2D eigenvalue weighted by molar-refractivity contribution is -0.122. The molecule has 2 amide bonds. The van der Waals surface area contributed by atoms with E-state index in [1.807, 2.05) is 0 Å². The Morgan fingerprint density at radius 2 is 1.79 bits per heavy atom. The zero-order chi connectivity index (χ0) is 24.4. The van der Waals surface area contributed by atoms with Crippen LogP contribution in [-0.2, 0) is 9.59 Å². The topological polar surface area (TPSA) is 118 Å². The van der Waals surface area contributed by atoms with Gasteiger partial charge < -0.3 is 19.0 Å². The highest BCUT2D eigenvalue weighted by Gasteiger charge is 2.36. The van der Waals surface area contributed by atoms with E-state index in [-0.39, 0.29) is 22.0 Å². The Bertz CT molecular complexity index is 1340. The number of thiocarbonyl (C=S) groups is 1. The van der Waals surface area contributed by atoms with Crippen LogP contribution in [0.2, 0.25) is 0 Å². The number of ether oxygens (including phenoxy) is 2. The van der Waals surface area contributed by atoms with E-state index in [1.165, 1.54) is 32.4 Å². The SMILES string of the molecule is COc1ccc(N2C(=O)/C(=C\c3ccc(-c4ccc(C(=O)O)cc4)o3)C(=O)NC2=S)c(OC)c1. The smallest absolute Gasteiger partial charge is 0.335 e. The van der Waals surface area contributed by atoms with Crippen molar-refractivity contribution < 1.29 is 33.4 Å². The molecule has 0 bridgehead atoms. The summed E-state index contributed by atoms with van der Waals surface area (Å²) in [6.45, 7) is 0. The first-order valence-electron chi connectivity index (χ1n) is 9.89. The zero-order valence-electron chi connectivity index (χ0n) is 18.0. The van der Waals surface area contributed by atoms with Gasteiger partial charge in [-0.25, -0.2) is 9.69 Å². The third kappa shape index (κ3) is 4.26. The molecule has 0 radical (unpaired) electrons. The lowest BCUT2D eigenvalue weighted by atomic mass is 10.1. The van der Waals surface area contributed by atoms with Gasteiger partial charge in [0.25, 0.3) is 11.8 Å². The maximum atomic E-state index is 13.3. The fourth-order valence-electron chi connectivity index (χ4n) is 3.35. The lowest BCUT2D eigenvalue weighted by Crippen LogP contribution is -2.54. The number of carboxylic acids is 1. The number of furan rings is 1. The zero-order valence-corrected chi connectivity index (χ0v) is 18.8. The Morgan fingerprint density at radius 3 is 2.44 bits per heavy atom. The van der Waals surface area contributed by atoms with Gasteiger partial charge in [-0.1, -0.05) is 12.1 Å². The highest BCUT2D eigenvalue weighted by molar-refractivity contribution is 7.80. The van der Waals surface area contributed by atoms with Crippen molar-refractivity contribution in [1.29, 1.82) is 0 Å². The minimum absolute atomic E-state index is 0.0886. The fraction of sp³-hybridized carbons (Fsp3) is 0.0833. The number of nitrogens with one attached hydrogen (secondary N) is 1. The Hall–Kier alpha value is -4.44. The minimum Gasteiger partial charge on any atom is -0.497 e. The van der Waals surface area contributed by atoms with Crippen LogP contribution in [-0.4, -0.2) is 42.2 Å². The molecule has 1 aliphatic heterocycles. The van der Waals surface area contributed by atoms with Crippen LogP contribution >= 0.6 is 12.2 Å². The molecule has 1 aliphatic rings. The summed E-state index contributed by atoms with van der Waals surface area (Å²) in [5.74, 6) is -0.800. The summed E-state index contributed by atoms with van der Waals surface area (Å²) in [4.78, 5) is 38.0. The van der Waals surface area contributed by atoms with E-state index in [0.717, 1.165) is 4.90 Å². The molecular weight excluding hydrogens is 460 g/mol. The molecule has 2 heterocycles. The molecule has 172 valence electrons. The molecule has 3 aromatic rings. The number of carboxylic acid groups (broad SMARTS) is 1. The molecule has 4 rings (SSSR count). The Balaban J connectivity index is 1.66. The van der Waals surface area contributed by atoms with Gasteiger partial charge in [-0.05, 0) is 54.7 Å². The predicted molar refractivity (Wildman–Crippen MR) is 127 cm³/mol. The Kier molecular flexibility index (Phi) is 6.15. The predicted octanol–water partition coefficient (Wildman–Crippen LogP) is 3.49. The molecule has 1 saturated heterocycles. The van der Waals surface area contributed by atoms with Crippen LogP contribution in [0.15, 0.2) is 64.6 Å². The highest BCUT2D eigenvalue weighted by Crippen LogP contribution is 2.34. The second-order valence-corrected chi connectivity index (χ2v) is 7.47. The first-order valence-corrected chi connectivity index (χ1v) is 10.3. The van der Waals surface area contributed by atoms with Crippen molar-refractivity contribution in [1.82, 2.24) is 5.32 Å². The normalized spacial score (nSPS) is 14.8. The number of aromatic carboxylic acids is 1. The molecule has 1 aromatic heterocycles. The van der Waals surface area contributed by atoms with Crippen LogP contribution in [0.5, 0.6) is 11.5 Å². The summed E-state index contributed by atoms with van der Waals surface area (Å²) >= 11 is 5.24. The summed E-state index contributed by atoms with van der Waals surface area (Å²) in [5.41, 5.74) is 0.934. The molecule has 2 aromatic carbocycles. The summed E-state index contributed by atoms with van der Waals surface area (Å²) in [5, 5.41) is 11.5. The number of hydrogen-bond donors (Lipinski definition) is 2. The van der Waals surface area contributed by atoms with E-state index in [4.69, 9.17) is 31.2 Å². The van der Waals surface area contributed by atoms with E-state index < -0.39 is 17.8 Å². The number of rotatable bonds is 6. The maximum absolute atomic E-state index is 13.3. The van der Waals surface area contributed by atoms with Gasteiger partial charge in [0.2, 0.25) is 0 Å². The molecule has 0 atom stereocenters. The van der Waals surface area contributed by atoms with Crippen molar-refractivity contribution in [3.05, 3.63) is 71.5 Å². The third-order valence-electron chi connectivity index (χ3n) is 5.06. The number of benzene rings is 2. The van der Waals surface area contributed by atoms with Crippen LogP contribution in [0.4, 0.5) is 5.69 Å². The van der Waals surface area contributed by atoms with E-state index in [9.17, 15) is 14.4 Å².